The molecule has 0 saturated carbocycles. The third kappa shape index (κ3) is 1.69. The van der Waals surface area contributed by atoms with Crippen LogP contribution in [0.15, 0.2) is 12.1 Å². The van der Waals surface area contributed by atoms with Gasteiger partial charge in [0.05, 0.1) is 12.0 Å². The molecule has 0 fully saturated rings. The van der Waals surface area contributed by atoms with Crippen molar-refractivity contribution in [2.45, 2.75) is 24.7 Å². The van der Waals surface area contributed by atoms with Gasteiger partial charge < -0.3 is 4.74 Å². The molecule has 15 heavy (non-hydrogen) atoms. The van der Waals surface area contributed by atoms with Crippen LogP contribution >= 0.6 is 12.6 Å². The Morgan fingerprint density at radius 1 is 1.47 bits per heavy atom. The number of fused-ring (bicyclic) bond motifs is 1. The van der Waals surface area contributed by atoms with Crippen LogP contribution in [-0.2, 0) is 5.92 Å². The van der Waals surface area contributed by atoms with Crippen molar-refractivity contribution in [2.75, 3.05) is 0 Å². The molecule has 0 amide bonds. The van der Waals surface area contributed by atoms with Crippen molar-refractivity contribution in [1.82, 2.24) is 0 Å². The Bertz CT molecular complexity index is 406. The lowest BCUT2D eigenvalue weighted by atomic mass is 9.98. The molecular formula is C10H9F3OS. The Balaban J connectivity index is 2.66. The van der Waals surface area contributed by atoms with E-state index in [4.69, 9.17) is 4.74 Å². The van der Waals surface area contributed by atoms with Gasteiger partial charge in [0.25, 0.3) is 5.92 Å². The number of hydrogen-bond donors (Lipinski definition) is 1. The van der Waals surface area contributed by atoms with E-state index in [2.05, 4.69) is 12.6 Å². The highest BCUT2D eigenvalue weighted by Gasteiger charge is 2.44. The number of thiol groups is 1. The molecule has 1 unspecified atom stereocenters. The number of hydrogen-bond acceptors (Lipinski definition) is 2. The average Bonchev–Trinajstić information content (AvgIpc) is 2.09. The van der Waals surface area contributed by atoms with Crippen LogP contribution in [-0.4, -0.2) is 5.44 Å². The minimum absolute atomic E-state index is 0.0775. The van der Waals surface area contributed by atoms with Gasteiger partial charge in [0, 0.05) is 0 Å². The molecule has 0 spiro atoms. The van der Waals surface area contributed by atoms with E-state index < -0.39 is 29.2 Å². The summed E-state index contributed by atoms with van der Waals surface area (Å²) in [6.45, 7) is 1.60. The van der Waals surface area contributed by atoms with Crippen molar-refractivity contribution < 1.29 is 17.9 Å². The molecule has 0 N–H and O–H groups in total. The van der Waals surface area contributed by atoms with E-state index in [1.165, 1.54) is 6.07 Å². The molecule has 1 atom stereocenters. The minimum atomic E-state index is -3.21. The molecule has 5 heteroatoms. The predicted octanol–water partition coefficient (Wildman–Crippen LogP) is 3.26. The molecule has 1 aromatic rings. The third-order valence-corrected chi connectivity index (χ3v) is 2.64. The van der Waals surface area contributed by atoms with E-state index in [9.17, 15) is 13.2 Å². The molecule has 2 rings (SSSR count). The van der Waals surface area contributed by atoms with Crippen LogP contribution in [0.2, 0.25) is 0 Å². The zero-order chi connectivity index (χ0) is 11.2. The van der Waals surface area contributed by atoms with Crippen molar-refractivity contribution in [2.24, 2.45) is 0 Å². The van der Waals surface area contributed by atoms with Gasteiger partial charge in [-0.3, -0.25) is 0 Å². The Labute approximate surface area is 90.7 Å². The molecule has 82 valence electrons. The molecular weight excluding hydrogens is 225 g/mol. The van der Waals surface area contributed by atoms with Crippen LogP contribution in [0.4, 0.5) is 13.2 Å². The SMILES string of the molecule is Cc1ccc(F)c2c1OC(S)CC2(F)F. The van der Waals surface area contributed by atoms with Crippen LogP contribution in [0, 0.1) is 12.7 Å². The first-order chi connectivity index (χ1) is 6.92. The lowest BCUT2D eigenvalue weighted by molar-refractivity contribution is -0.0502. The smallest absolute Gasteiger partial charge is 0.284 e. The minimum Gasteiger partial charge on any atom is -0.479 e. The van der Waals surface area contributed by atoms with Crippen LogP contribution in [0.1, 0.15) is 17.5 Å². The summed E-state index contributed by atoms with van der Waals surface area (Å²) in [5.74, 6) is -4.22. The molecule has 1 aliphatic rings. The fourth-order valence-electron chi connectivity index (χ4n) is 1.65. The van der Waals surface area contributed by atoms with E-state index in [-0.39, 0.29) is 5.75 Å². The van der Waals surface area contributed by atoms with E-state index >= 15 is 0 Å². The Hall–Kier alpha value is -0.840. The number of halogens is 3. The maximum atomic E-state index is 13.5. The molecule has 0 aliphatic carbocycles. The first kappa shape index (κ1) is 10.7. The Kier molecular flexibility index (Phi) is 2.37. The summed E-state index contributed by atoms with van der Waals surface area (Å²) < 4.78 is 45.5. The van der Waals surface area contributed by atoms with Crippen molar-refractivity contribution in [3.05, 3.63) is 29.1 Å². The van der Waals surface area contributed by atoms with Crippen molar-refractivity contribution in [1.29, 1.82) is 0 Å². The monoisotopic (exact) mass is 234 g/mol. The molecule has 0 aromatic heterocycles. The number of alkyl halides is 2. The number of rotatable bonds is 0. The third-order valence-electron chi connectivity index (χ3n) is 2.35. The molecule has 0 bridgehead atoms. The van der Waals surface area contributed by atoms with Gasteiger partial charge in [-0.1, -0.05) is 6.07 Å². The fraction of sp³-hybridized carbons (Fsp3) is 0.400. The van der Waals surface area contributed by atoms with Crippen molar-refractivity contribution >= 4 is 12.6 Å². The molecule has 0 saturated heterocycles. The summed E-state index contributed by atoms with van der Waals surface area (Å²) in [7, 11) is 0. The summed E-state index contributed by atoms with van der Waals surface area (Å²) in [4.78, 5) is 0. The lowest BCUT2D eigenvalue weighted by Gasteiger charge is -2.30. The molecule has 1 aliphatic heterocycles. The normalized spacial score (nSPS) is 23.1. The second-order valence-electron chi connectivity index (χ2n) is 3.55. The van der Waals surface area contributed by atoms with Crippen LogP contribution < -0.4 is 4.74 Å². The number of aryl methyl sites for hydroxylation is 1. The van der Waals surface area contributed by atoms with E-state index in [0.29, 0.717) is 5.56 Å². The second kappa shape index (κ2) is 3.33. The van der Waals surface area contributed by atoms with Crippen LogP contribution in [0.3, 0.4) is 0 Å². The maximum Gasteiger partial charge on any atom is 0.284 e. The molecule has 1 heterocycles. The quantitative estimate of drug-likeness (QED) is 0.678. The highest BCUT2D eigenvalue weighted by Crippen LogP contribution is 2.46. The standard InChI is InChI=1S/C10H9F3OS/c1-5-2-3-6(11)8-9(5)14-7(15)4-10(8,12)13/h2-3,7,15H,4H2,1H3. The van der Waals surface area contributed by atoms with E-state index in [1.54, 1.807) is 6.92 Å². The highest BCUT2D eigenvalue weighted by molar-refractivity contribution is 7.80. The second-order valence-corrected chi connectivity index (χ2v) is 4.13. The first-order valence-corrected chi connectivity index (χ1v) is 4.95. The predicted molar refractivity (Wildman–Crippen MR) is 53.1 cm³/mol. The van der Waals surface area contributed by atoms with Gasteiger partial charge in [0.2, 0.25) is 0 Å². The van der Waals surface area contributed by atoms with Gasteiger partial charge >= 0.3 is 0 Å². The van der Waals surface area contributed by atoms with E-state index in [0.717, 1.165) is 6.07 Å². The molecule has 1 nitrogen and oxygen atoms in total. The summed E-state index contributed by atoms with van der Waals surface area (Å²) in [6.07, 6.45) is -0.608. The zero-order valence-electron chi connectivity index (χ0n) is 7.93. The number of benzene rings is 1. The number of ether oxygens (including phenoxy) is 1. The van der Waals surface area contributed by atoms with E-state index in [1.807, 2.05) is 0 Å². The van der Waals surface area contributed by atoms with Gasteiger partial charge in [0.15, 0.2) is 0 Å². The summed E-state index contributed by atoms with van der Waals surface area (Å²) in [5.41, 5.74) is -1.05. The van der Waals surface area contributed by atoms with Crippen molar-refractivity contribution in [3.63, 3.8) is 0 Å². The maximum absolute atomic E-state index is 13.5. The Morgan fingerprint density at radius 2 is 2.13 bits per heavy atom. The largest absolute Gasteiger partial charge is 0.479 e. The summed E-state index contributed by atoms with van der Waals surface area (Å²) >= 11 is 3.86. The van der Waals surface area contributed by atoms with Crippen LogP contribution in [0.5, 0.6) is 5.75 Å². The van der Waals surface area contributed by atoms with Gasteiger partial charge in [0.1, 0.15) is 17.0 Å². The summed E-state index contributed by atoms with van der Waals surface area (Å²) in [5, 5.41) is 0. The Morgan fingerprint density at radius 3 is 2.80 bits per heavy atom. The van der Waals surface area contributed by atoms with Gasteiger partial charge in [-0.15, -0.1) is 12.6 Å². The zero-order valence-corrected chi connectivity index (χ0v) is 8.82. The lowest BCUT2D eigenvalue weighted by Crippen LogP contribution is -2.30. The molecule has 0 radical (unpaired) electrons. The first-order valence-electron chi connectivity index (χ1n) is 4.44. The topological polar surface area (TPSA) is 9.23 Å². The van der Waals surface area contributed by atoms with Crippen molar-refractivity contribution in [3.8, 4) is 5.75 Å². The average molecular weight is 234 g/mol. The van der Waals surface area contributed by atoms with Gasteiger partial charge in [-0.25, -0.2) is 13.2 Å². The van der Waals surface area contributed by atoms with Crippen LogP contribution in [0.25, 0.3) is 0 Å². The fourth-order valence-corrected chi connectivity index (χ4v) is 1.99. The van der Waals surface area contributed by atoms with Gasteiger partial charge in [-0.2, -0.15) is 0 Å². The summed E-state index contributed by atoms with van der Waals surface area (Å²) in [6, 6.07) is 2.44. The molecule has 1 aromatic carbocycles. The van der Waals surface area contributed by atoms with Gasteiger partial charge in [-0.05, 0) is 18.6 Å². The highest BCUT2D eigenvalue weighted by atomic mass is 32.1.